The van der Waals surface area contributed by atoms with E-state index in [-0.39, 0.29) is 12.7 Å². The van der Waals surface area contributed by atoms with Gasteiger partial charge in [0.2, 0.25) is 0 Å². The first-order valence-corrected chi connectivity index (χ1v) is 5.51. The molecule has 1 aromatic rings. The molecule has 16 heavy (non-hydrogen) atoms. The van der Waals surface area contributed by atoms with Crippen LogP contribution >= 0.6 is 0 Å². The minimum absolute atomic E-state index is 0.153. The third-order valence-corrected chi connectivity index (χ3v) is 2.66. The van der Waals surface area contributed by atoms with Gasteiger partial charge in [-0.05, 0) is 37.1 Å². The summed E-state index contributed by atoms with van der Waals surface area (Å²) in [5.74, 6) is -1.11. The maximum atomic E-state index is 12.9. The molecule has 0 bridgehead atoms. The van der Waals surface area contributed by atoms with Crippen LogP contribution in [-0.4, -0.2) is 19.2 Å². The lowest BCUT2D eigenvalue weighted by Crippen LogP contribution is -2.35. The van der Waals surface area contributed by atoms with Gasteiger partial charge >= 0.3 is 0 Å². The predicted octanol–water partition coefficient (Wildman–Crippen LogP) is 2.23. The summed E-state index contributed by atoms with van der Waals surface area (Å²) in [5.41, 5.74) is 0.545. The summed E-state index contributed by atoms with van der Waals surface area (Å²) < 4.78 is 31.4. The number of benzene rings is 1. The Morgan fingerprint density at radius 2 is 2.00 bits per heavy atom. The van der Waals surface area contributed by atoms with Crippen molar-refractivity contribution in [3.05, 3.63) is 35.4 Å². The van der Waals surface area contributed by atoms with Crippen LogP contribution < -0.4 is 5.32 Å². The minimum atomic E-state index is -0.555. The summed E-state index contributed by atoms with van der Waals surface area (Å²) in [6.45, 7) is 2.10. The van der Waals surface area contributed by atoms with E-state index in [2.05, 4.69) is 5.32 Å². The Morgan fingerprint density at radius 1 is 1.25 bits per heavy atom. The maximum Gasteiger partial charge on any atom is 0.126 e. The fourth-order valence-electron chi connectivity index (χ4n) is 1.87. The van der Waals surface area contributed by atoms with Crippen LogP contribution in [0.1, 0.15) is 18.4 Å². The summed E-state index contributed by atoms with van der Waals surface area (Å²) in [4.78, 5) is 0. The average molecular weight is 227 g/mol. The van der Waals surface area contributed by atoms with E-state index in [0.29, 0.717) is 5.56 Å². The Balaban J connectivity index is 1.88. The van der Waals surface area contributed by atoms with Crippen molar-refractivity contribution in [1.82, 2.24) is 5.32 Å². The van der Waals surface area contributed by atoms with Crippen molar-refractivity contribution in [3.8, 4) is 0 Å². The van der Waals surface area contributed by atoms with Gasteiger partial charge in [-0.15, -0.1) is 0 Å². The molecule has 1 N–H and O–H groups in total. The largest absolute Gasteiger partial charge is 0.372 e. The van der Waals surface area contributed by atoms with Crippen molar-refractivity contribution in [2.24, 2.45) is 0 Å². The molecule has 1 aliphatic heterocycles. The van der Waals surface area contributed by atoms with Crippen molar-refractivity contribution in [1.29, 1.82) is 0 Å². The van der Waals surface area contributed by atoms with Gasteiger partial charge in [0, 0.05) is 12.6 Å². The number of halogens is 2. The van der Waals surface area contributed by atoms with Gasteiger partial charge in [0.15, 0.2) is 0 Å². The Bertz CT molecular complexity index is 331. The first-order chi connectivity index (χ1) is 7.74. The minimum Gasteiger partial charge on any atom is -0.372 e. The zero-order valence-electron chi connectivity index (χ0n) is 9.01. The molecular weight excluding hydrogens is 212 g/mol. The zero-order valence-corrected chi connectivity index (χ0v) is 9.01. The van der Waals surface area contributed by atoms with E-state index >= 15 is 0 Å². The van der Waals surface area contributed by atoms with Crippen LogP contribution in [0.5, 0.6) is 0 Å². The SMILES string of the molecule is Fc1cc(F)cc(COC2CCCNC2)c1. The monoisotopic (exact) mass is 227 g/mol. The van der Waals surface area contributed by atoms with Crippen LogP contribution in [0.4, 0.5) is 8.78 Å². The Labute approximate surface area is 93.6 Å². The van der Waals surface area contributed by atoms with E-state index in [0.717, 1.165) is 32.0 Å². The molecule has 1 saturated heterocycles. The second kappa shape index (κ2) is 5.37. The molecule has 1 aliphatic rings. The number of piperidine rings is 1. The Kier molecular flexibility index (Phi) is 3.85. The fourth-order valence-corrected chi connectivity index (χ4v) is 1.87. The van der Waals surface area contributed by atoms with E-state index in [1.807, 2.05) is 0 Å². The van der Waals surface area contributed by atoms with Gasteiger partial charge in [-0.1, -0.05) is 0 Å². The van der Waals surface area contributed by atoms with E-state index in [1.54, 1.807) is 0 Å². The number of nitrogens with one attached hydrogen (secondary N) is 1. The highest BCUT2D eigenvalue weighted by atomic mass is 19.1. The molecule has 0 spiro atoms. The molecule has 0 amide bonds. The van der Waals surface area contributed by atoms with Crippen LogP contribution in [0.2, 0.25) is 0 Å². The van der Waals surface area contributed by atoms with E-state index in [4.69, 9.17) is 4.74 Å². The summed E-state index contributed by atoms with van der Waals surface area (Å²) in [7, 11) is 0. The number of hydrogen-bond acceptors (Lipinski definition) is 2. The smallest absolute Gasteiger partial charge is 0.126 e. The normalized spacial score (nSPS) is 21.0. The topological polar surface area (TPSA) is 21.3 Å². The molecule has 0 radical (unpaired) electrons. The fraction of sp³-hybridized carbons (Fsp3) is 0.500. The highest BCUT2D eigenvalue weighted by Gasteiger charge is 2.13. The van der Waals surface area contributed by atoms with Crippen LogP contribution in [-0.2, 0) is 11.3 Å². The summed E-state index contributed by atoms with van der Waals surface area (Å²) >= 11 is 0. The number of hydrogen-bond donors (Lipinski definition) is 1. The van der Waals surface area contributed by atoms with E-state index in [9.17, 15) is 8.78 Å². The highest BCUT2D eigenvalue weighted by Crippen LogP contribution is 2.12. The van der Waals surface area contributed by atoms with Gasteiger partial charge in [-0.25, -0.2) is 8.78 Å². The van der Waals surface area contributed by atoms with Crippen molar-refractivity contribution >= 4 is 0 Å². The van der Waals surface area contributed by atoms with Crippen molar-refractivity contribution in [2.45, 2.75) is 25.6 Å². The third-order valence-electron chi connectivity index (χ3n) is 2.66. The van der Waals surface area contributed by atoms with Crippen molar-refractivity contribution in [3.63, 3.8) is 0 Å². The summed E-state index contributed by atoms with van der Waals surface area (Å²) in [5, 5.41) is 3.22. The molecule has 1 aromatic carbocycles. The first kappa shape index (κ1) is 11.5. The standard InChI is InChI=1S/C12H15F2NO/c13-10-4-9(5-11(14)6-10)8-16-12-2-1-3-15-7-12/h4-6,12,15H,1-3,7-8H2. The second-order valence-corrected chi connectivity index (χ2v) is 4.06. The van der Waals surface area contributed by atoms with Gasteiger partial charge in [0.25, 0.3) is 0 Å². The summed E-state index contributed by atoms with van der Waals surface area (Å²) in [6.07, 6.45) is 2.24. The van der Waals surface area contributed by atoms with Crippen LogP contribution in [0.25, 0.3) is 0 Å². The first-order valence-electron chi connectivity index (χ1n) is 5.51. The highest BCUT2D eigenvalue weighted by molar-refractivity contribution is 5.16. The van der Waals surface area contributed by atoms with E-state index < -0.39 is 11.6 Å². The number of rotatable bonds is 3. The second-order valence-electron chi connectivity index (χ2n) is 4.06. The number of ether oxygens (including phenoxy) is 1. The molecule has 1 fully saturated rings. The predicted molar refractivity (Wildman–Crippen MR) is 57.0 cm³/mol. The van der Waals surface area contributed by atoms with Gasteiger partial charge in [0.05, 0.1) is 12.7 Å². The molecule has 1 atom stereocenters. The summed E-state index contributed by atoms with van der Waals surface area (Å²) in [6, 6.07) is 3.48. The Hall–Kier alpha value is -1.00. The molecule has 4 heteroatoms. The van der Waals surface area contributed by atoms with Crippen LogP contribution in [0, 0.1) is 11.6 Å². The molecule has 0 saturated carbocycles. The quantitative estimate of drug-likeness (QED) is 0.855. The van der Waals surface area contributed by atoms with Gasteiger partial charge in [-0.2, -0.15) is 0 Å². The maximum absolute atomic E-state index is 12.9. The van der Waals surface area contributed by atoms with Gasteiger partial charge in [-0.3, -0.25) is 0 Å². The van der Waals surface area contributed by atoms with Gasteiger partial charge < -0.3 is 10.1 Å². The molecule has 2 rings (SSSR count). The van der Waals surface area contributed by atoms with Gasteiger partial charge in [0.1, 0.15) is 11.6 Å². The van der Waals surface area contributed by atoms with E-state index in [1.165, 1.54) is 12.1 Å². The lowest BCUT2D eigenvalue weighted by atomic mass is 10.1. The molecule has 0 aliphatic carbocycles. The average Bonchev–Trinajstić information content (AvgIpc) is 2.27. The molecule has 0 aromatic heterocycles. The molecular formula is C12H15F2NO. The third kappa shape index (κ3) is 3.25. The van der Waals surface area contributed by atoms with Crippen LogP contribution in [0.15, 0.2) is 18.2 Å². The Morgan fingerprint density at radius 3 is 2.62 bits per heavy atom. The lowest BCUT2D eigenvalue weighted by molar-refractivity contribution is 0.0250. The zero-order chi connectivity index (χ0) is 11.4. The molecule has 2 nitrogen and oxygen atoms in total. The van der Waals surface area contributed by atoms with Crippen LogP contribution in [0.3, 0.4) is 0 Å². The molecule has 1 heterocycles. The lowest BCUT2D eigenvalue weighted by Gasteiger charge is -2.23. The van der Waals surface area contributed by atoms with Crippen molar-refractivity contribution < 1.29 is 13.5 Å². The molecule has 1 unspecified atom stereocenters. The van der Waals surface area contributed by atoms with Crippen molar-refractivity contribution in [2.75, 3.05) is 13.1 Å². The molecule has 88 valence electrons.